The second-order valence-electron chi connectivity index (χ2n) is 12.1. The highest BCUT2D eigenvalue weighted by molar-refractivity contribution is 7.91. The molecular weight excluding hydrogens is 612 g/mol. The molecule has 9 heteroatoms. The standard InChI is InChI=1S/C38H22N2O6S/c1-19-5-3-7-21(17-19)47(45,46)22-8-4-6-20(18-22)40-37(43)29-15-11-25-23-9-13-27-33-28(36(42)39(2)35(27)41)14-10-24(31(23)33)26-12-16-30(38(40)44)34(29)32(25)26/h3-18H,1-2H3. The summed E-state index contributed by atoms with van der Waals surface area (Å²) in [6.45, 7) is 1.81. The molecule has 2 heterocycles. The Morgan fingerprint density at radius 1 is 0.489 bits per heavy atom. The van der Waals surface area contributed by atoms with Crippen LogP contribution in [0.25, 0.3) is 43.1 Å². The summed E-state index contributed by atoms with van der Waals surface area (Å²) in [5.74, 6) is -1.86. The van der Waals surface area contributed by atoms with E-state index in [9.17, 15) is 27.6 Å². The average molecular weight is 635 g/mol. The number of imide groups is 2. The zero-order chi connectivity index (χ0) is 32.5. The van der Waals surface area contributed by atoms with E-state index in [-0.39, 0.29) is 27.3 Å². The van der Waals surface area contributed by atoms with Gasteiger partial charge in [-0.15, -0.1) is 0 Å². The van der Waals surface area contributed by atoms with Crippen molar-refractivity contribution in [1.29, 1.82) is 0 Å². The van der Waals surface area contributed by atoms with Gasteiger partial charge in [0.1, 0.15) is 0 Å². The number of hydrogen-bond donors (Lipinski definition) is 0. The van der Waals surface area contributed by atoms with Crippen molar-refractivity contribution in [3.8, 4) is 0 Å². The van der Waals surface area contributed by atoms with E-state index in [0.717, 1.165) is 47.7 Å². The van der Waals surface area contributed by atoms with Crippen LogP contribution in [0.1, 0.15) is 47.0 Å². The number of carbonyl (C=O) groups excluding carboxylic acids is 4. The van der Waals surface area contributed by atoms with Crippen molar-refractivity contribution in [3.63, 3.8) is 0 Å². The van der Waals surface area contributed by atoms with Crippen LogP contribution in [0.15, 0.2) is 107 Å². The number of hydrogen-bond acceptors (Lipinski definition) is 6. The molecule has 0 saturated carbocycles. The molecule has 0 bridgehead atoms. The van der Waals surface area contributed by atoms with Crippen molar-refractivity contribution in [2.75, 3.05) is 11.9 Å². The summed E-state index contributed by atoms with van der Waals surface area (Å²) in [6, 6.07) is 26.7. The lowest BCUT2D eigenvalue weighted by Crippen LogP contribution is -2.40. The molecule has 2 aliphatic rings. The Morgan fingerprint density at radius 2 is 0.915 bits per heavy atom. The van der Waals surface area contributed by atoms with Crippen LogP contribution in [0.3, 0.4) is 0 Å². The van der Waals surface area contributed by atoms with Gasteiger partial charge in [0, 0.05) is 40.1 Å². The summed E-state index contributed by atoms with van der Waals surface area (Å²) in [5, 5.41) is 5.82. The lowest BCUT2D eigenvalue weighted by atomic mass is 9.82. The molecule has 0 unspecified atom stereocenters. The molecule has 7 aromatic rings. The van der Waals surface area contributed by atoms with Crippen LogP contribution in [0.2, 0.25) is 0 Å². The first kappa shape index (κ1) is 27.4. The van der Waals surface area contributed by atoms with E-state index in [1.807, 2.05) is 24.3 Å². The Bertz CT molecular complexity index is 2650. The smallest absolute Gasteiger partial charge is 0.265 e. The summed E-state index contributed by atoms with van der Waals surface area (Å²) in [4.78, 5) is 56.8. The van der Waals surface area contributed by atoms with Crippen LogP contribution in [0, 0.1) is 6.92 Å². The third-order valence-electron chi connectivity index (χ3n) is 9.52. The molecule has 0 N–H and O–H groups in total. The monoisotopic (exact) mass is 634 g/mol. The average Bonchev–Trinajstić information content (AvgIpc) is 3.08. The van der Waals surface area contributed by atoms with Gasteiger partial charge in [-0.25, -0.2) is 13.3 Å². The number of anilines is 1. The third kappa shape index (κ3) is 3.43. The summed E-state index contributed by atoms with van der Waals surface area (Å²) in [6.07, 6.45) is 0. The number of benzene rings is 7. The number of rotatable bonds is 3. The Balaban J connectivity index is 1.25. The zero-order valence-electron chi connectivity index (χ0n) is 25.0. The van der Waals surface area contributed by atoms with Gasteiger partial charge in [0.2, 0.25) is 9.84 Å². The highest BCUT2D eigenvalue weighted by Crippen LogP contribution is 2.46. The lowest BCUT2D eigenvalue weighted by Gasteiger charge is -2.29. The highest BCUT2D eigenvalue weighted by Gasteiger charge is 2.37. The van der Waals surface area contributed by atoms with Gasteiger partial charge in [0.05, 0.1) is 15.5 Å². The maximum Gasteiger partial charge on any atom is 0.265 e. The number of carbonyl (C=O) groups is 4. The van der Waals surface area contributed by atoms with E-state index < -0.39 is 21.7 Å². The molecule has 0 spiro atoms. The molecule has 7 aromatic carbocycles. The molecule has 226 valence electrons. The van der Waals surface area contributed by atoms with Gasteiger partial charge in [-0.1, -0.05) is 42.5 Å². The minimum Gasteiger partial charge on any atom is -0.277 e. The third-order valence-corrected chi connectivity index (χ3v) is 11.3. The van der Waals surface area contributed by atoms with Crippen LogP contribution >= 0.6 is 0 Å². The van der Waals surface area contributed by atoms with Gasteiger partial charge >= 0.3 is 0 Å². The molecule has 4 amide bonds. The lowest BCUT2D eigenvalue weighted by molar-refractivity contribution is 0.0649. The molecule has 0 fully saturated rings. The Morgan fingerprint density at radius 3 is 1.38 bits per heavy atom. The fourth-order valence-corrected chi connectivity index (χ4v) is 8.74. The van der Waals surface area contributed by atoms with Gasteiger partial charge in [-0.05, 0) is 99.4 Å². The molecular formula is C38H22N2O6S. The van der Waals surface area contributed by atoms with E-state index >= 15 is 0 Å². The van der Waals surface area contributed by atoms with Crippen molar-refractivity contribution in [2.45, 2.75) is 16.7 Å². The van der Waals surface area contributed by atoms with Crippen LogP contribution in [0.4, 0.5) is 5.69 Å². The fourth-order valence-electron chi connectivity index (χ4n) is 7.33. The first-order valence-corrected chi connectivity index (χ1v) is 16.4. The molecule has 0 aliphatic carbocycles. The molecule has 0 aromatic heterocycles. The molecule has 0 saturated heterocycles. The minimum absolute atomic E-state index is 0.0306. The quantitative estimate of drug-likeness (QED) is 0.119. The summed E-state index contributed by atoms with van der Waals surface area (Å²) in [7, 11) is -2.45. The number of amides is 4. The van der Waals surface area contributed by atoms with Crippen molar-refractivity contribution in [2.24, 2.45) is 0 Å². The SMILES string of the molecule is Cc1cccc(S(=O)(=O)c2cccc(N3C(=O)c4ccc5c6ccc7c8c(ccc(c9ccc(c4c59)C3=O)c86)C(=O)N(C)C7=O)c2)c1. The predicted octanol–water partition coefficient (Wildman–Crippen LogP) is 6.90. The Kier molecular flexibility index (Phi) is 5.29. The van der Waals surface area contributed by atoms with Crippen LogP contribution < -0.4 is 4.90 Å². The summed E-state index contributed by atoms with van der Waals surface area (Å²) < 4.78 is 27.0. The van der Waals surface area contributed by atoms with Crippen molar-refractivity contribution >= 4 is 82.2 Å². The van der Waals surface area contributed by atoms with Crippen LogP contribution in [-0.4, -0.2) is 44.0 Å². The van der Waals surface area contributed by atoms with Gasteiger partial charge in [-0.2, -0.15) is 0 Å². The largest absolute Gasteiger partial charge is 0.277 e. The topological polar surface area (TPSA) is 109 Å². The maximum absolute atomic E-state index is 14.2. The first-order valence-electron chi connectivity index (χ1n) is 14.9. The summed E-state index contributed by atoms with van der Waals surface area (Å²) in [5.41, 5.74) is 2.46. The van der Waals surface area contributed by atoms with E-state index in [1.165, 1.54) is 31.3 Å². The number of sulfone groups is 1. The second kappa shape index (κ2) is 9.08. The van der Waals surface area contributed by atoms with Crippen LogP contribution in [0.5, 0.6) is 0 Å². The van der Waals surface area contributed by atoms with E-state index in [2.05, 4.69) is 0 Å². The Labute approximate surface area is 267 Å². The van der Waals surface area contributed by atoms with Gasteiger partial charge in [-0.3, -0.25) is 24.1 Å². The minimum atomic E-state index is -3.92. The second-order valence-corrected chi connectivity index (χ2v) is 14.0. The van der Waals surface area contributed by atoms with Gasteiger partial charge in [0.25, 0.3) is 23.6 Å². The van der Waals surface area contributed by atoms with Crippen molar-refractivity contribution < 1.29 is 27.6 Å². The zero-order valence-corrected chi connectivity index (χ0v) is 25.8. The highest BCUT2D eigenvalue weighted by atomic mass is 32.2. The summed E-state index contributed by atoms with van der Waals surface area (Å²) >= 11 is 0. The van der Waals surface area contributed by atoms with E-state index in [0.29, 0.717) is 33.0 Å². The number of aryl methyl sites for hydroxylation is 1. The van der Waals surface area contributed by atoms with Gasteiger partial charge in [0.15, 0.2) is 0 Å². The molecule has 9 rings (SSSR count). The van der Waals surface area contributed by atoms with E-state index in [4.69, 9.17) is 0 Å². The normalized spacial score (nSPS) is 14.9. The Hall–Kier alpha value is -5.93. The fraction of sp³-hybridized carbons (Fsp3) is 0.0526. The van der Waals surface area contributed by atoms with Crippen molar-refractivity contribution in [1.82, 2.24) is 4.90 Å². The van der Waals surface area contributed by atoms with E-state index in [1.54, 1.807) is 55.5 Å². The van der Waals surface area contributed by atoms with Crippen molar-refractivity contribution in [3.05, 3.63) is 125 Å². The molecule has 0 atom stereocenters. The molecule has 8 nitrogen and oxygen atoms in total. The maximum atomic E-state index is 14.2. The molecule has 2 aliphatic heterocycles. The number of fused-ring (bicyclic) bond motifs is 2. The predicted molar refractivity (Wildman–Crippen MR) is 178 cm³/mol. The van der Waals surface area contributed by atoms with Gasteiger partial charge < -0.3 is 0 Å². The molecule has 47 heavy (non-hydrogen) atoms. The first-order chi connectivity index (χ1) is 22.6. The van der Waals surface area contributed by atoms with Crippen LogP contribution in [-0.2, 0) is 9.84 Å². The molecule has 0 radical (unpaired) electrons. The number of nitrogens with zero attached hydrogens (tertiary/aromatic N) is 2.